The summed E-state index contributed by atoms with van der Waals surface area (Å²) in [7, 11) is -2.43. The molecule has 0 aliphatic carbocycles. The largest absolute Gasteiger partial charge is 0.414 e. The molecule has 2 fully saturated rings. The molecule has 8 nitrogen and oxygen atoms in total. The lowest BCUT2D eigenvalue weighted by molar-refractivity contribution is 0.0100. The SMILES string of the molecule is CC(C)[Si]1(C(C)C)O[C@@H]2[C@H](O[Si](C(C)C)(C(C)C)O1)[C@@H](CI)O[C@H]2c1cn(C)c(=O)n(C)c1=O. The minimum Gasteiger partial charge on any atom is -0.414 e. The molecule has 1 aromatic heterocycles. The van der Waals surface area contributed by atoms with Gasteiger partial charge in [-0.05, 0) is 22.2 Å². The standard InChI is InChI=1S/C23H41IN2O6Si2/c1-13(2)33(14(3)4)30-20-18(11-24)29-19(17-12-25(9)23(28)26(10)22(17)27)21(20)31-34(32-33,15(5)6)16(7)8/h12-16,18-21H,11H2,1-10H3/t18-,19+,20-,21+/m1/s1. The molecule has 3 heterocycles. The van der Waals surface area contributed by atoms with Crippen molar-refractivity contribution in [1.82, 2.24) is 9.13 Å². The Balaban J connectivity index is 2.26. The Morgan fingerprint density at radius 1 is 0.882 bits per heavy atom. The van der Waals surface area contributed by atoms with Crippen LogP contribution in [0.3, 0.4) is 0 Å². The minimum absolute atomic E-state index is 0.182. The van der Waals surface area contributed by atoms with Crippen molar-refractivity contribution in [2.75, 3.05) is 4.43 Å². The van der Waals surface area contributed by atoms with Crippen LogP contribution in [-0.4, -0.2) is 49.0 Å². The normalized spacial score (nSPS) is 28.7. The summed E-state index contributed by atoms with van der Waals surface area (Å²) in [6.45, 7) is 17.5. The Labute approximate surface area is 219 Å². The molecule has 0 aromatic carbocycles. The monoisotopic (exact) mass is 624 g/mol. The van der Waals surface area contributed by atoms with Gasteiger partial charge in [-0.1, -0.05) is 78.0 Å². The van der Waals surface area contributed by atoms with E-state index in [0.29, 0.717) is 9.99 Å². The topological polar surface area (TPSA) is 80.9 Å². The lowest BCUT2D eigenvalue weighted by Gasteiger charge is -2.46. The van der Waals surface area contributed by atoms with E-state index in [1.54, 1.807) is 13.2 Å². The third kappa shape index (κ3) is 4.47. The molecular weight excluding hydrogens is 583 g/mol. The van der Waals surface area contributed by atoms with Crippen molar-refractivity contribution in [2.45, 2.75) is 102 Å². The van der Waals surface area contributed by atoms with Gasteiger partial charge in [0.1, 0.15) is 18.3 Å². The summed E-state index contributed by atoms with van der Waals surface area (Å²) in [5.41, 5.74) is 0.510. The molecule has 1 aromatic rings. The van der Waals surface area contributed by atoms with Gasteiger partial charge in [-0.15, -0.1) is 0 Å². The Kier molecular flexibility index (Phi) is 8.49. The molecule has 0 amide bonds. The summed E-state index contributed by atoms with van der Waals surface area (Å²) in [4.78, 5) is 25.6. The van der Waals surface area contributed by atoms with Crippen molar-refractivity contribution in [1.29, 1.82) is 0 Å². The van der Waals surface area contributed by atoms with Crippen LogP contribution in [0.4, 0.5) is 0 Å². The van der Waals surface area contributed by atoms with Crippen molar-refractivity contribution in [3.05, 3.63) is 32.6 Å². The highest BCUT2D eigenvalue weighted by molar-refractivity contribution is 14.1. The molecule has 2 saturated heterocycles. The smallest absolute Gasteiger partial charge is 0.335 e. The van der Waals surface area contributed by atoms with Crippen LogP contribution in [0.25, 0.3) is 0 Å². The molecule has 0 radical (unpaired) electrons. The molecule has 4 atom stereocenters. The summed E-state index contributed by atoms with van der Waals surface area (Å²) < 4.78 is 31.3. The summed E-state index contributed by atoms with van der Waals surface area (Å²) in [6.07, 6.45) is -0.0943. The Bertz CT molecular complexity index is 992. The zero-order valence-corrected chi connectivity index (χ0v) is 26.3. The maximum Gasteiger partial charge on any atom is 0.335 e. The average Bonchev–Trinajstić information content (AvgIpc) is 2.98. The molecule has 0 spiro atoms. The molecule has 0 unspecified atom stereocenters. The van der Waals surface area contributed by atoms with Gasteiger partial charge in [-0.25, -0.2) is 4.79 Å². The maximum atomic E-state index is 13.2. The molecular formula is C23H41IN2O6Si2. The summed E-state index contributed by atoms with van der Waals surface area (Å²) in [5.74, 6) is 0. The first kappa shape index (κ1) is 28.3. The van der Waals surface area contributed by atoms with Crippen LogP contribution in [0.2, 0.25) is 22.2 Å². The summed E-state index contributed by atoms with van der Waals surface area (Å²) >= 11 is 2.32. The zero-order valence-electron chi connectivity index (χ0n) is 22.1. The fourth-order valence-corrected chi connectivity index (χ4v) is 17.5. The molecule has 34 heavy (non-hydrogen) atoms. The van der Waals surface area contributed by atoms with Gasteiger partial charge in [0.15, 0.2) is 0 Å². The van der Waals surface area contributed by atoms with E-state index in [1.807, 2.05) is 0 Å². The average molecular weight is 625 g/mol. The number of halogens is 1. The van der Waals surface area contributed by atoms with Gasteiger partial charge in [0.05, 0.1) is 11.7 Å². The van der Waals surface area contributed by atoms with E-state index in [2.05, 4.69) is 78.0 Å². The van der Waals surface area contributed by atoms with E-state index in [0.717, 1.165) is 4.57 Å². The third-order valence-corrected chi connectivity index (χ3v) is 18.6. The van der Waals surface area contributed by atoms with Gasteiger partial charge >= 0.3 is 22.8 Å². The lowest BCUT2D eigenvalue weighted by Crippen LogP contribution is -2.60. The molecule has 11 heteroatoms. The van der Waals surface area contributed by atoms with Crippen molar-refractivity contribution < 1.29 is 17.7 Å². The second-order valence-electron chi connectivity index (χ2n) is 10.9. The van der Waals surface area contributed by atoms with Crippen LogP contribution < -0.4 is 11.2 Å². The Morgan fingerprint density at radius 3 is 1.79 bits per heavy atom. The second-order valence-corrected chi connectivity index (χ2v) is 20.6. The van der Waals surface area contributed by atoms with E-state index in [4.69, 9.17) is 17.7 Å². The number of fused-ring (bicyclic) bond motifs is 1. The van der Waals surface area contributed by atoms with Crippen LogP contribution >= 0.6 is 22.6 Å². The number of aryl methyl sites for hydroxylation is 1. The van der Waals surface area contributed by atoms with Gasteiger partial charge in [0, 0.05) is 24.7 Å². The first-order valence-corrected chi connectivity index (χ1v) is 17.7. The van der Waals surface area contributed by atoms with Gasteiger partial charge in [-0.3, -0.25) is 9.36 Å². The van der Waals surface area contributed by atoms with E-state index >= 15 is 0 Å². The highest BCUT2D eigenvalue weighted by atomic mass is 127. The first-order chi connectivity index (χ1) is 15.7. The van der Waals surface area contributed by atoms with Crippen molar-refractivity contribution >= 4 is 39.7 Å². The molecule has 2 aliphatic heterocycles. The number of rotatable bonds is 6. The van der Waals surface area contributed by atoms with Crippen LogP contribution in [0.1, 0.15) is 67.1 Å². The molecule has 194 valence electrons. The fraction of sp³-hybridized carbons (Fsp3) is 0.826. The molecule has 0 N–H and O–H groups in total. The number of ether oxygens (including phenoxy) is 1. The van der Waals surface area contributed by atoms with Crippen LogP contribution in [-0.2, 0) is 31.8 Å². The summed E-state index contributed by atoms with van der Waals surface area (Å²) in [6, 6.07) is 0. The Hall–Kier alpha value is -0.316. The number of hydrogen-bond acceptors (Lipinski definition) is 6. The van der Waals surface area contributed by atoms with E-state index in [1.165, 1.54) is 11.6 Å². The van der Waals surface area contributed by atoms with Gasteiger partial charge in [0.25, 0.3) is 5.56 Å². The fourth-order valence-electron chi connectivity index (χ4n) is 5.48. The maximum absolute atomic E-state index is 13.2. The predicted molar refractivity (Wildman–Crippen MR) is 146 cm³/mol. The van der Waals surface area contributed by atoms with Crippen LogP contribution in [0.5, 0.6) is 0 Å². The minimum atomic E-state index is -2.83. The first-order valence-electron chi connectivity index (χ1n) is 12.3. The molecule has 0 bridgehead atoms. The molecule has 3 rings (SSSR count). The number of nitrogens with zero attached hydrogens (tertiary/aromatic N) is 2. The Morgan fingerprint density at radius 2 is 1.35 bits per heavy atom. The van der Waals surface area contributed by atoms with Crippen molar-refractivity contribution in [2.24, 2.45) is 14.1 Å². The number of hydrogen-bond donors (Lipinski definition) is 0. The lowest BCUT2D eigenvalue weighted by atomic mass is 10.0. The highest BCUT2D eigenvalue weighted by Gasteiger charge is 2.64. The quantitative estimate of drug-likeness (QED) is 0.267. The van der Waals surface area contributed by atoms with E-state index in [9.17, 15) is 9.59 Å². The second kappa shape index (κ2) is 10.2. The predicted octanol–water partition coefficient (Wildman–Crippen LogP) is 4.28. The molecule has 2 aliphatic rings. The van der Waals surface area contributed by atoms with Gasteiger partial charge in [0.2, 0.25) is 0 Å². The van der Waals surface area contributed by atoms with E-state index < -0.39 is 29.3 Å². The van der Waals surface area contributed by atoms with Crippen molar-refractivity contribution in [3.63, 3.8) is 0 Å². The summed E-state index contributed by atoms with van der Waals surface area (Å²) in [5, 5.41) is 0. The third-order valence-electron chi connectivity index (χ3n) is 7.42. The van der Waals surface area contributed by atoms with E-state index in [-0.39, 0.29) is 45.6 Å². The van der Waals surface area contributed by atoms with Crippen molar-refractivity contribution in [3.8, 4) is 0 Å². The van der Waals surface area contributed by atoms with Crippen LogP contribution in [0.15, 0.2) is 15.8 Å². The molecule has 0 saturated carbocycles. The van der Waals surface area contributed by atoms with Crippen LogP contribution in [0, 0.1) is 0 Å². The van der Waals surface area contributed by atoms with Gasteiger partial charge < -0.3 is 22.3 Å². The van der Waals surface area contributed by atoms with Gasteiger partial charge in [-0.2, -0.15) is 0 Å². The highest BCUT2D eigenvalue weighted by Crippen LogP contribution is 2.52. The number of alkyl halides is 1. The number of aromatic nitrogens is 2. The zero-order chi connectivity index (χ0) is 25.7.